The SMILES string of the molecule is CC(C)n1c(=O)nc(Nc2ccc(OC(F)(F)F)cc2)n(CC2C=CC(F)=CC2)c1=O. The highest BCUT2D eigenvalue weighted by Gasteiger charge is 2.31. The van der Waals surface area contributed by atoms with Crippen LogP contribution in [0.3, 0.4) is 0 Å². The number of hydrogen-bond acceptors (Lipinski definition) is 5. The van der Waals surface area contributed by atoms with E-state index in [-0.39, 0.29) is 24.2 Å². The molecule has 0 bridgehead atoms. The summed E-state index contributed by atoms with van der Waals surface area (Å²) in [5.74, 6) is -1.06. The number of ether oxygens (including phenoxy) is 1. The second kappa shape index (κ2) is 8.78. The lowest BCUT2D eigenvalue weighted by atomic mass is 10.0. The monoisotopic (exact) mass is 440 g/mol. The van der Waals surface area contributed by atoms with Crippen LogP contribution in [0.5, 0.6) is 5.75 Å². The van der Waals surface area contributed by atoms with Gasteiger partial charge in [-0.05, 0) is 62.6 Å². The number of anilines is 2. The van der Waals surface area contributed by atoms with Crippen molar-refractivity contribution in [3.05, 3.63) is 69.3 Å². The molecule has 1 unspecified atom stereocenters. The van der Waals surface area contributed by atoms with Gasteiger partial charge in [-0.3, -0.25) is 4.57 Å². The second-order valence-corrected chi connectivity index (χ2v) is 7.22. The van der Waals surface area contributed by atoms with Crippen LogP contribution in [0.4, 0.5) is 29.2 Å². The largest absolute Gasteiger partial charge is 0.573 e. The lowest BCUT2D eigenvalue weighted by Crippen LogP contribution is -2.44. The molecule has 1 aliphatic carbocycles. The van der Waals surface area contributed by atoms with E-state index in [1.54, 1.807) is 19.9 Å². The number of benzene rings is 1. The molecule has 1 aromatic carbocycles. The van der Waals surface area contributed by atoms with Crippen molar-refractivity contribution >= 4 is 11.6 Å². The molecule has 1 aromatic heterocycles. The topological polar surface area (TPSA) is 78.2 Å². The number of aromatic nitrogens is 3. The first kappa shape index (κ1) is 22.3. The van der Waals surface area contributed by atoms with Gasteiger partial charge in [-0.1, -0.05) is 6.08 Å². The summed E-state index contributed by atoms with van der Waals surface area (Å²) in [5, 5.41) is 2.80. The van der Waals surface area contributed by atoms with Crippen LogP contribution in [-0.4, -0.2) is 20.5 Å². The molecule has 1 atom stereocenters. The minimum absolute atomic E-state index is 0.0696. The van der Waals surface area contributed by atoms with Crippen LogP contribution in [0.1, 0.15) is 26.3 Å². The summed E-state index contributed by atoms with van der Waals surface area (Å²) >= 11 is 0. The third kappa shape index (κ3) is 5.62. The van der Waals surface area contributed by atoms with E-state index in [4.69, 9.17) is 0 Å². The predicted octanol–water partition coefficient (Wildman–Crippen LogP) is 4.06. The standard InChI is InChI=1S/C20H20F4N4O3/c1-12(2)28-18(29)26-17(25-15-7-9-16(10-8-15)31-20(22,23)24)27(19(28)30)11-13-3-5-14(21)6-4-13/h3,5-10,12-13H,4,11H2,1-2H3,(H,25,26,29). The average molecular weight is 440 g/mol. The van der Waals surface area contributed by atoms with Gasteiger partial charge in [0, 0.05) is 18.3 Å². The molecule has 0 fully saturated rings. The van der Waals surface area contributed by atoms with E-state index in [2.05, 4.69) is 15.0 Å². The van der Waals surface area contributed by atoms with Crippen molar-refractivity contribution in [1.82, 2.24) is 14.1 Å². The van der Waals surface area contributed by atoms with E-state index in [1.807, 2.05) is 0 Å². The minimum Gasteiger partial charge on any atom is -0.406 e. The van der Waals surface area contributed by atoms with E-state index >= 15 is 0 Å². The van der Waals surface area contributed by atoms with E-state index in [0.29, 0.717) is 12.1 Å². The minimum atomic E-state index is -4.82. The van der Waals surface area contributed by atoms with Crippen LogP contribution in [0.15, 0.2) is 57.9 Å². The Morgan fingerprint density at radius 3 is 2.45 bits per heavy atom. The summed E-state index contributed by atoms with van der Waals surface area (Å²) in [7, 11) is 0. The smallest absolute Gasteiger partial charge is 0.406 e. The van der Waals surface area contributed by atoms with Gasteiger partial charge in [0.25, 0.3) is 0 Å². The maximum Gasteiger partial charge on any atom is 0.573 e. The van der Waals surface area contributed by atoms with Gasteiger partial charge in [0.05, 0.1) is 0 Å². The molecular weight excluding hydrogens is 420 g/mol. The first-order chi connectivity index (χ1) is 14.5. The van der Waals surface area contributed by atoms with Crippen molar-refractivity contribution in [2.75, 3.05) is 5.32 Å². The highest BCUT2D eigenvalue weighted by atomic mass is 19.4. The highest BCUT2D eigenvalue weighted by Crippen LogP contribution is 2.25. The fourth-order valence-corrected chi connectivity index (χ4v) is 3.09. The molecule has 11 heteroatoms. The number of nitrogens with zero attached hydrogens (tertiary/aromatic N) is 3. The first-order valence-corrected chi connectivity index (χ1v) is 9.43. The van der Waals surface area contributed by atoms with Gasteiger partial charge in [-0.15, -0.1) is 13.2 Å². The van der Waals surface area contributed by atoms with Gasteiger partial charge in [0.1, 0.15) is 11.6 Å². The average Bonchev–Trinajstić information content (AvgIpc) is 2.66. The van der Waals surface area contributed by atoms with Crippen molar-refractivity contribution in [3.8, 4) is 5.75 Å². The first-order valence-electron chi connectivity index (χ1n) is 9.43. The predicted molar refractivity (Wildman–Crippen MR) is 106 cm³/mol. The van der Waals surface area contributed by atoms with Gasteiger partial charge >= 0.3 is 17.7 Å². The Morgan fingerprint density at radius 2 is 1.90 bits per heavy atom. The van der Waals surface area contributed by atoms with Crippen molar-refractivity contribution in [3.63, 3.8) is 0 Å². The zero-order valence-electron chi connectivity index (χ0n) is 16.7. The molecule has 0 amide bonds. The van der Waals surface area contributed by atoms with E-state index < -0.39 is 29.5 Å². The Kier molecular flexibility index (Phi) is 6.32. The summed E-state index contributed by atoms with van der Waals surface area (Å²) < 4.78 is 56.3. The van der Waals surface area contributed by atoms with Crippen LogP contribution >= 0.6 is 0 Å². The van der Waals surface area contributed by atoms with Crippen molar-refractivity contribution in [1.29, 1.82) is 0 Å². The fourth-order valence-electron chi connectivity index (χ4n) is 3.09. The summed E-state index contributed by atoms with van der Waals surface area (Å²) in [6.07, 6.45) is -0.135. The Labute approximate surface area is 174 Å². The Morgan fingerprint density at radius 1 is 1.23 bits per heavy atom. The maximum absolute atomic E-state index is 13.3. The van der Waals surface area contributed by atoms with Gasteiger partial charge in [-0.25, -0.2) is 18.5 Å². The lowest BCUT2D eigenvalue weighted by molar-refractivity contribution is -0.274. The highest BCUT2D eigenvalue weighted by molar-refractivity contribution is 5.54. The number of alkyl halides is 3. The Hall–Kier alpha value is -3.37. The molecule has 3 rings (SSSR count). The lowest BCUT2D eigenvalue weighted by Gasteiger charge is -2.20. The summed E-state index contributed by atoms with van der Waals surface area (Å²) in [6.45, 7) is 3.45. The van der Waals surface area contributed by atoms with E-state index in [0.717, 1.165) is 16.7 Å². The van der Waals surface area contributed by atoms with Crippen LogP contribution < -0.4 is 21.4 Å². The van der Waals surface area contributed by atoms with Crippen molar-refractivity contribution < 1.29 is 22.3 Å². The number of allylic oxidation sites excluding steroid dienone is 4. The van der Waals surface area contributed by atoms with Crippen LogP contribution in [-0.2, 0) is 6.54 Å². The van der Waals surface area contributed by atoms with Gasteiger partial charge < -0.3 is 10.1 Å². The summed E-state index contributed by atoms with van der Waals surface area (Å²) in [6, 6.07) is 4.33. The number of rotatable bonds is 6. The van der Waals surface area contributed by atoms with Crippen LogP contribution in [0.2, 0.25) is 0 Å². The molecular formula is C20H20F4N4O3. The molecule has 0 aliphatic heterocycles. The molecule has 0 saturated heterocycles. The molecule has 31 heavy (non-hydrogen) atoms. The normalized spacial score (nSPS) is 16.4. The maximum atomic E-state index is 13.3. The molecule has 1 aliphatic rings. The van der Waals surface area contributed by atoms with Crippen LogP contribution in [0.25, 0.3) is 0 Å². The van der Waals surface area contributed by atoms with Crippen LogP contribution in [0, 0.1) is 5.92 Å². The van der Waals surface area contributed by atoms with E-state index in [9.17, 15) is 27.2 Å². The quantitative estimate of drug-likeness (QED) is 0.686. The molecule has 166 valence electrons. The number of nitrogens with one attached hydrogen (secondary N) is 1. The second-order valence-electron chi connectivity index (χ2n) is 7.22. The molecule has 0 radical (unpaired) electrons. The van der Waals surface area contributed by atoms with Gasteiger partial charge in [0.15, 0.2) is 0 Å². The van der Waals surface area contributed by atoms with Gasteiger partial charge in [0.2, 0.25) is 5.95 Å². The molecule has 1 heterocycles. The Bertz CT molecular complexity index is 1120. The molecule has 1 N–H and O–H groups in total. The Balaban J connectivity index is 1.94. The van der Waals surface area contributed by atoms with E-state index in [1.165, 1.54) is 28.9 Å². The third-order valence-corrected chi connectivity index (χ3v) is 4.52. The number of halogens is 4. The zero-order chi connectivity index (χ0) is 22.8. The molecule has 0 saturated carbocycles. The van der Waals surface area contributed by atoms with Crippen molar-refractivity contribution in [2.45, 2.75) is 39.2 Å². The molecule has 2 aromatic rings. The van der Waals surface area contributed by atoms with Crippen molar-refractivity contribution in [2.24, 2.45) is 5.92 Å². The molecule has 7 nitrogen and oxygen atoms in total. The molecule has 0 spiro atoms. The fraction of sp³-hybridized carbons (Fsp3) is 0.350. The number of hydrogen-bond donors (Lipinski definition) is 1. The van der Waals surface area contributed by atoms with Gasteiger partial charge in [-0.2, -0.15) is 4.98 Å². The third-order valence-electron chi connectivity index (χ3n) is 4.52. The summed E-state index contributed by atoms with van der Waals surface area (Å²) in [5.41, 5.74) is -1.07. The zero-order valence-corrected chi connectivity index (χ0v) is 16.7. The summed E-state index contributed by atoms with van der Waals surface area (Å²) in [4.78, 5) is 29.3.